The summed E-state index contributed by atoms with van der Waals surface area (Å²) in [5.41, 5.74) is 6.46. The zero-order chi connectivity index (χ0) is 14.7. The Labute approximate surface area is 125 Å². The van der Waals surface area contributed by atoms with E-state index in [1.54, 1.807) is 38.3 Å². The van der Waals surface area contributed by atoms with Crippen LogP contribution < -0.4 is 15.2 Å². The van der Waals surface area contributed by atoms with Crippen LogP contribution in [0.5, 0.6) is 17.2 Å². The molecule has 0 spiro atoms. The Bertz CT molecular complexity index is 617. The molecule has 0 fully saturated rings. The van der Waals surface area contributed by atoms with Crippen LogP contribution in [0.25, 0.3) is 0 Å². The Morgan fingerprint density at radius 2 is 1.85 bits per heavy atom. The van der Waals surface area contributed by atoms with E-state index >= 15 is 0 Å². The molecule has 2 rings (SSSR count). The largest absolute Gasteiger partial charge is 0.497 e. The highest BCUT2D eigenvalue weighted by Crippen LogP contribution is 2.35. The summed E-state index contributed by atoms with van der Waals surface area (Å²) in [6.07, 6.45) is 0. The van der Waals surface area contributed by atoms with Crippen molar-refractivity contribution in [3.8, 4) is 17.2 Å². The first-order valence-electron chi connectivity index (χ1n) is 6.07. The van der Waals surface area contributed by atoms with Crippen molar-refractivity contribution >= 4 is 15.9 Å². The maximum absolute atomic E-state index is 13.3. The number of ether oxygens (including phenoxy) is 2. The summed E-state index contributed by atoms with van der Waals surface area (Å²) in [6, 6.07) is 9.34. The second-order valence-corrected chi connectivity index (χ2v) is 5.22. The van der Waals surface area contributed by atoms with E-state index in [9.17, 15) is 4.39 Å². The number of hydrogen-bond acceptors (Lipinski definition) is 3. The zero-order valence-electron chi connectivity index (χ0n) is 11.2. The molecule has 0 aliphatic carbocycles. The van der Waals surface area contributed by atoms with Gasteiger partial charge in [0, 0.05) is 11.6 Å². The van der Waals surface area contributed by atoms with Gasteiger partial charge in [-0.05, 0) is 59.3 Å². The van der Waals surface area contributed by atoms with Crippen LogP contribution in [0, 0.1) is 5.82 Å². The molecule has 0 saturated heterocycles. The van der Waals surface area contributed by atoms with E-state index in [-0.39, 0.29) is 11.9 Å². The SMILES string of the molecule is COc1ccc(Oc2ccc(F)cc2[C@H](C)N)c(Br)c1. The molecule has 0 aliphatic heterocycles. The molecule has 5 heteroatoms. The standard InChI is InChI=1S/C15H15BrFNO2/c1-9(18)12-7-10(17)3-5-14(12)20-15-6-4-11(19-2)8-13(15)16/h3-9H,18H2,1-2H3/t9-/m0/s1. The second-order valence-electron chi connectivity index (χ2n) is 4.37. The summed E-state index contributed by atoms with van der Waals surface area (Å²) >= 11 is 3.41. The molecule has 1 atom stereocenters. The molecule has 0 amide bonds. The lowest BCUT2D eigenvalue weighted by molar-refractivity contribution is 0.412. The van der Waals surface area contributed by atoms with Crippen LogP contribution in [0.3, 0.4) is 0 Å². The Kier molecular flexibility index (Phi) is 4.62. The molecule has 0 unspecified atom stereocenters. The third kappa shape index (κ3) is 3.29. The third-order valence-corrected chi connectivity index (χ3v) is 3.44. The molecule has 106 valence electrons. The molecule has 0 aromatic heterocycles. The number of nitrogens with two attached hydrogens (primary N) is 1. The minimum atomic E-state index is -0.335. The van der Waals surface area contributed by atoms with E-state index in [0.717, 1.165) is 10.2 Å². The fourth-order valence-electron chi connectivity index (χ4n) is 1.78. The number of halogens is 2. The predicted molar refractivity (Wildman–Crippen MR) is 79.8 cm³/mol. The highest BCUT2D eigenvalue weighted by Gasteiger charge is 2.12. The van der Waals surface area contributed by atoms with Crippen molar-refractivity contribution in [2.45, 2.75) is 13.0 Å². The normalized spacial score (nSPS) is 12.1. The summed E-state index contributed by atoms with van der Waals surface area (Å²) in [5.74, 6) is 1.53. The molecule has 3 nitrogen and oxygen atoms in total. The molecule has 2 N–H and O–H groups in total. The van der Waals surface area contributed by atoms with Crippen LogP contribution in [0.4, 0.5) is 4.39 Å². The van der Waals surface area contributed by atoms with Gasteiger partial charge in [-0.25, -0.2) is 4.39 Å². The monoisotopic (exact) mass is 339 g/mol. The zero-order valence-corrected chi connectivity index (χ0v) is 12.8. The number of hydrogen-bond donors (Lipinski definition) is 1. The van der Waals surface area contributed by atoms with Crippen molar-refractivity contribution in [3.63, 3.8) is 0 Å². The lowest BCUT2D eigenvalue weighted by Crippen LogP contribution is -2.07. The first kappa shape index (κ1) is 14.8. The summed E-state index contributed by atoms with van der Waals surface area (Å²) in [5, 5.41) is 0. The van der Waals surface area contributed by atoms with E-state index in [4.69, 9.17) is 15.2 Å². The summed E-state index contributed by atoms with van der Waals surface area (Å²) in [4.78, 5) is 0. The number of benzene rings is 2. The van der Waals surface area contributed by atoms with Gasteiger partial charge in [0.2, 0.25) is 0 Å². The van der Waals surface area contributed by atoms with Gasteiger partial charge >= 0.3 is 0 Å². The average molecular weight is 340 g/mol. The first-order chi connectivity index (χ1) is 9.51. The summed E-state index contributed by atoms with van der Waals surface area (Å²) in [7, 11) is 1.59. The minimum absolute atomic E-state index is 0.322. The highest BCUT2D eigenvalue weighted by atomic mass is 79.9. The Morgan fingerprint density at radius 3 is 2.45 bits per heavy atom. The Morgan fingerprint density at radius 1 is 1.15 bits per heavy atom. The van der Waals surface area contributed by atoms with Crippen LogP contribution in [-0.4, -0.2) is 7.11 Å². The van der Waals surface area contributed by atoms with E-state index in [0.29, 0.717) is 17.1 Å². The maximum Gasteiger partial charge on any atom is 0.141 e. The van der Waals surface area contributed by atoms with Crippen LogP contribution in [0.1, 0.15) is 18.5 Å². The lowest BCUT2D eigenvalue weighted by atomic mass is 10.1. The van der Waals surface area contributed by atoms with E-state index in [2.05, 4.69) is 15.9 Å². The van der Waals surface area contributed by atoms with Crippen LogP contribution in [-0.2, 0) is 0 Å². The predicted octanol–water partition coefficient (Wildman–Crippen LogP) is 4.41. The molecule has 0 aliphatic rings. The van der Waals surface area contributed by atoms with Crippen molar-refractivity contribution in [1.82, 2.24) is 0 Å². The van der Waals surface area contributed by atoms with E-state index < -0.39 is 0 Å². The molecule has 0 radical (unpaired) electrons. The fraction of sp³-hybridized carbons (Fsp3) is 0.200. The van der Waals surface area contributed by atoms with Crippen LogP contribution in [0.2, 0.25) is 0 Å². The average Bonchev–Trinajstić information content (AvgIpc) is 2.42. The van der Waals surface area contributed by atoms with Crippen molar-refractivity contribution < 1.29 is 13.9 Å². The van der Waals surface area contributed by atoms with Crippen molar-refractivity contribution in [2.24, 2.45) is 5.73 Å². The lowest BCUT2D eigenvalue weighted by Gasteiger charge is -2.15. The van der Waals surface area contributed by atoms with Crippen molar-refractivity contribution in [1.29, 1.82) is 0 Å². The van der Waals surface area contributed by atoms with Gasteiger partial charge in [-0.3, -0.25) is 0 Å². The van der Waals surface area contributed by atoms with Gasteiger partial charge < -0.3 is 15.2 Å². The van der Waals surface area contributed by atoms with Gasteiger partial charge in [0.25, 0.3) is 0 Å². The molecule has 0 bridgehead atoms. The molecule has 0 heterocycles. The molecule has 0 saturated carbocycles. The smallest absolute Gasteiger partial charge is 0.141 e. The molecular weight excluding hydrogens is 325 g/mol. The van der Waals surface area contributed by atoms with Crippen LogP contribution in [0.15, 0.2) is 40.9 Å². The van der Waals surface area contributed by atoms with Gasteiger partial charge in [-0.1, -0.05) is 0 Å². The summed E-state index contributed by atoms with van der Waals surface area (Å²) < 4.78 is 25.0. The van der Waals surface area contributed by atoms with E-state index in [1.807, 2.05) is 0 Å². The number of rotatable bonds is 4. The van der Waals surface area contributed by atoms with Gasteiger partial charge in [0.1, 0.15) is 23.1 Å². The van der Waals surface area contributed by atoms with Crippen molar-refractivity contribution in [2.75, 3.05) is 7.11 Å². The van der Waals surface area contributed by atoms with E-state index in [1.165, 1.54) is 12.1 Å². The fourth-order valence-corrected chi connectivity index (χ4v) is 2.22. The highest BCUT2D eigenvalue weighted by molar-refractivity contribution is 9.10. The first-order valence-corrected chi connectivity index (χ1v) is 6.87. The quantitative estimate of drug-likeness (QED) is 0.897. The van der Waals surface area contributed by atoms with Gasteiger partial charge in [-0.15, -0.1) is 0 Å². The Hall–Kier alpha value is -1.59. The van der Waals surface area contributed by atoms with Crippen molar-refractivity contribution in [3.05, 3.63) is 52.3 Å². The topological polar surface area (TPSA) is 44.5 Å². The maximum atomic E-state index is 13.3. The van der Waals surface area contributed by atoms with Gasteiger partial charge in [-0.2, -0.15) is 0 Å². The molecular formula is C15H15BrFNO2. The molecule has 20 heavy (non-hydrogen) atoms. The molecule has 2 aromatic carbocycles. The van der Waals surface area contributed by atoms with Crippen LogP contribution >= 0.6 is 15.9 Å². The van der Waals surface area contributed by atoms with Gasteiger partial charge in [0.15, 0.2) is 0 Å². The minimum Gasteiger partial charge on any atom is -0.497 e. The Balaban J connectivity index is 2.35. The third-order valence-electron chi connectivity index (χ3n) is 2.82. The summed E-state index contributed by atoms with van der Waals surface area (Å²) in [6.45, 7) is 1.78. The molecule has 2 aromatic rings. The van der Waals surface area contributed by atoms with Gasteiger partial charge in [0.05, 0.1) is 11.6 Å². The number of methoxy groups -OCH3 is 1. The second kappa shape index (κ2) is 6.24.